The number of hydrogen-bond donors (Lipinski definition) is 1. The first-order chi connectivity index (χ1) is 11.1. The lowest BCUT2D eigenvalue weighted by molar-refractivity contribution is 0.113. The molecule has 7 nitrogen and oxygen atoms in total. The molecule has 0 unspecified atom stereocenters. The smallest absolute Gasteiger partial charge is 0.322 e. The van der Waals surface area contributed by atoms with Crippen LogP contribution in [0.1, 0.15) is 30.1 Å². The number of amides is 2. The number of nitrogens with zero attached hydrogens (tertiary/aromatic N) is 3. The lowest BCUT2D eigenvalue weighted by Gasteiger charge is -2.19. The largest absolute Gasteiger partial charge is 0.376 e. The molecule has 8 heteroatoms. The Balaban J connectivity index is 1.99. The average Bonchev–Trinajstić information content (AvgIpc) is 3.11. The summed E-state index contributed by atoms with van der Waals surface area (Å²) in [5.74, 6) is 1.03. The molecule has 0 spiro atoms. The minimum atomic E-state index is -0.119. The summed E-state index contributed by atoms with van der Waals surface area (Å²) in [6.45, 7) is 8.23. The van der Waals surface area contributed by atoms with E-state index in [0.717, 1.165) is 27.4 Å². The van der Waals surface area contributed by atoms with Gasteiger partial charge in [0.05, 0.1) is 18.8 Å². The van der Waals surface area contributed by atoms with Gasteiger partial charge in [-0.05, 0) is 32.8 Å². The molecule has 2 aromatic heterocycles. The van der Waals surface area contributed by atoms with Crippen LogP contribution in [0.4, 0.5) is 9.80 Å². The highest BCUT2D eigenvalue weighted by atomic mass is 32.1. The summed E-state index contributed by atoms with van der Waals surface area (Å²) in [7, 11) is 0. The van der Waals surface area contributed by atoms with E-state index in [-0.39, 0.29) is 6.03 Å². The van der Waals surface area contributed by atoms with Gasteiger partial charge < -0.3 is 14.2 Å². The molecule has 0 fully saturated rings. The second-order valence-corrected chi connectivity index (χ2v) is 6.36. The van der Waals surface area contributed by atoms with Gasteiger partial charge >= 0.3 is 6.03 Å². The van der Waals surface area contributed by atoms with Crippen LogP contribution in [0.5, 0.6) is 0 Å². The molecule has 1 aliphatic heterocycles. The molecule has 0 saturated heterocycles. The minimum Gasteiger partial charge on any atom is -0.376 e. The first-order valence-electron chi connectivity index (χ1n) is 7.72. The fourth-order valence-corrected chi connectivity index (χ4v) is 3.80. The highest BCUT2D eigenvalue weighted by molar-refractivity contribution is 7.17. The third kappa shape index (κ3) is 3.09. The molecule has 124 valence electrons. The monoisotopic (exact) mass is 336 g/mol. The maximum Gasteiger partial charge on any atom is 0.322 e. The zero-order valence-corrected chi connectivity index (χ0v) is 14.3. The van der Waals surface area contributed by atoms with Crippen molar-refractivity contribution in [3.05, 3.63) is 16.3 Å². The minimum absolute atomic E-state index is 0.119. The molecule has 2 aromatic rings. The van der Waals surface area contributed by atoms with Gasteiger partial charge in [0.1, 0.15) is 5.00 Å². The van der Waals surface area contributed by atoms with Gasteiger partial charge in [-0.3, -0.25) is 5.32 Å². The molecule has 0 aliphatic carbocycles. The standard InChI is InChI=1S/C15H20N4O3S/c1-4-19(5-2)15(20)17-14-12(13-16-9(3)18-22-13)10-6-7-21-8-11(10)23-14/h4-8H2,1-3H3,(H,17,20). The summed E-state index contributed by atoms with van der Waals surface area (Å²) >= 11 is 1.52. The number of carbonyl (C=O) groups excluding carboxylic acids is 1. The Labute approximate surface area is 138 Å². The molecular formula is C15H20N4O3S. The zero-order valence-electron chi connectivity index (χ0n) is 13.5. The second-order valence-electron chi connectivity index (χ2n) is 5.26. The number of ether oxygens (including phenoxy) is 1. The van der Waals surface area contributed by atoms with Crippen molar-refractivity contribution in [2.75, 3.05) is 25.0 Å². The summed E-state index contributed by atoms with van der Waals surface area (Å²) in [6, 6.07) is -0.119. The Morgan fingerprint density at radius 2 is 2.17 bits per heavy atom. The SMILES string of the molecule is CCN(CC)C(=O)Nc1sc2c(c1-c1nc(C)no1)CCOC2. The number of hydrogen-bond acceptors (Lipinski definition) is 6. The maximum absolute atomic E-state index is 12.4. The van der Waals surface area contributed by atoms with E-state index >= 15 is 0 Å². The number of rotatable bonds is 4. The third-order valence-electron chi connectivity index (χ3n) is 3.83. The lowest BCUT2D eigenvalue weighted by atomic mass is 10.1. The molecule has 0 aromatic carbocycles. The summed E-state index contributed by atoms with van der Waals surface area (Å²) in [4.78, 5) is 19.6. The summed E-state index contributed by atoms with van der Waals surface area (Å²) in [5.41, 5.74) is 1.98. The number of aromatic nitrogens is 2. The van der Waals surface area contributed by atoms with Crippen LogP contribution >= 0.6 is 11.3 Å². The number of urea groups is 1. The van der Waals surface area contributed by atoms with Crippen LogP contribution in [0.3, 0.4) is 0 Å². The highest BCUT2D eigenvalue weighted by Gasteiger charge is 2.27. The third-order valence-corrected chi connectivity index (χ3v) is 4.95. The molecule has 1 N–H and O–H groups in total. The predicted octanol–water partition coefficient (Wildman–Crippen LogP) is 3.05. The Kier molecular flexibility index (Phi) is 4.63. The normalized spacial score (nSPS) is 13.7. The number of anilines is 1. The number of aryl methyl sites for hydroxylation is 1. The van der Waals surface area contributed by atoms with Crippen LogP contribution < -0.4 is 5.32 Å². The highest BCUT2D eigenvalue weighted by Crippen LogP contribution is 2.42. The zero-order chi connectivity index (χ0) is 16.4. The first kappa shape index (κ1) is 15.9. The van der Waals surface area contributed by atoms with Crippen LogP contribution in [0.15, 0.2) is 4.52 Å². The molecule has 0 radical (unpaired) electrons. The van der Waals surface area contributed by atoms with E-state index in [2.05, 4.69) is 15.5 Å². The van der Waals surface area contributed by atoms with Gasteiger partial charge in [-0.25, -0.2) is 4.79 Å². The molecule has 0 bridgehead atoms. The van der Waals surface area contributed by atoms with Crippen molar-refractivity contribution in [1.82, 2.24) is 15.0 Å². The maximum atomic E-state index is 12.4. The van der Waals surface area contributed by atoms with Crippen LogP contribution in [0, 0.1) is 6.92 Å². The lowest BCUT2D eigenvalue weighted by Crippen LogP contribution is -2.34. The fourth-order valence-electron chi connectivity index (χ4n) is 2.63. The Morgan fingerprint density at radius 1 is 1.39 bits per heavy atom. The van der Waals surface area contributed by atoms with Crippen molar-refractivity contribution >= 4 is 22.4 Å². The van der Waals surface area contributed by atoms with Crippen LogP contribution in [0.2, 0.25) is 0 Å². The van der Waals surface area contributed by atoms with Crippen LogP contribution in [-0.2, 0) is 17.8 Å². The molecule has 0 atom stereocenters. The van der Waals surface area contributed by atoms with E-state index in [1.807, 2.05) is 13.8 Å². The summed E-state index contributed by atoms with van der Waals surface area (Å²) in [6.07, 6.45) is 0.781. The second kappa shape index (κ2) is 6.67. The first-order valence-corrected chi connectivity index (χ1v) is 8.54. The molecule has 3 heterocycles. The van der Waals surface area contributed by atoms with Crippen molar-refractivity contribution < 1.29 is 14.1 Å². The topological polar surface area (TPSA) is 80.5 Å². The Hall–Kier alpha value is -1.93. The van der Waals surface area contributed by atoms with Crippen LogP contribution in [-0.4, -0.2) is 40.8 Å². The van der Waals surface area contributed by atoms with Gasteiger partial charge in [0.15, 0.2) is 5.82 Å². The Morgan fingerprint density at radius 3 is 2.83 bits per heavy atom. The van der Waals surface area contributed by atoms with E-state index in [0.29, 0.717) is 38.0 Å². The predicted molar refractivity (Wildman–Crippen MR) is 87.6 cm³/mol. The molecule has 3 rings (SSSR count). The molecule has 2 amide bonds. The van der Waals surface area contributed by atoms with Gasteiger partial charge in [-0.2, -0.15) is 4.98 Å². The van der Waals surface area contributed by atoms with Crippen LogP contribution in [0.25, 0.3) is 11.5 Å². The average molecular weight is 336 g/mol. The number of thiophene rings is 1. The number of fused-ring (bicyclic) bond motifs is 1. The van der Waals surface area contributed by atoms with Crippen molar-refractivity contribution in [2.45, 2.75) is 33.8 Å². The summed E-state index contributed by atoms with van der Waals surface area (Å²) < 4.78 is 10.9. The van der Waals surface area contributed by atoms with Crippen molar-refractivity contribution in [1.29, 1.82) is 0 Å². The van der Waals surface area contributed by atoms with Crippen molar-refractivity contribution in [3.63, 3.8) is 0 Å². The van der Waals surface area contributed by atoms with E-state index in [4.69, 9.17) is 9.26 Å². The van der Waals surface area contributed by atoms with E-state index in [1.54, 1.807) is 11.8 Å². The van der Waals surface area contributed by atoms with Gasteiger partial charge in [0.25, 0.3) is 5.89 Å². The number of nitrogens with one attached hydrogen (secondary N) is 1. The quantitative estimate of drug-likeness (QED) is 0.928. The number of carbonyl (C=O) groups is 1. The molecule has 23 heavy (non-hydrogen) atoms. The van der Waals surface area contributed by atoms with Gasteiger partial charge in [0.2, 0.25) is 0 Å². The van der Waals surface area contributed by atoms with E-state index in [1.165, 1.54) is 11.3 Å². The van der Waals surface area contributed by atoms with Gasteiger partial charge in [-0.1, -0.05) is 5.16 Å². The summed E-state index contributed by atoms with van der Waals surface area (Å²) in [5, 5.41) is 7.62. The van der Waals surface area contributed by atoms with Gasteiger partial charge in [-0.15, -0.1) is 11.3 Å². The molecular weight excluding hydrogens is 316 g/mol. The fraction of sp³-hybridized carbons (Fsp3) is 0.533. The van der Waals surface area contributed by atoms with Crippen molar-refractivity contribution in [2.24, 2.45) is 0 Å². The van der Waals surface area contributed by atoms with E-state index < -0.39 is 0 Å². The Bertz CT molecular complexity index is 706. The van der Waals surface area contributed by atoms with Gasteiger partial charge in [0, 0.05) is 18.0 Å². The molecule has 1 aliphatic rings. The van der Waals surface area contributed by atoms with E-state index in [9.17, 15) is 4.79 Å². The molecule has 0 saturated carbocycles. The van der Waals surface area contributed by atoms with Crippen molar-refractivity contribution in [3.8, 4) is 11.5 Å².